The van der Waals surface area contributed by atoms with Crippen molar-refractivity contribution in [3.63, 3.8) is 0 Å². The molecule has 0 saturated heterocycles. The molecule has 0 amide bonds. The van der Waals surface area contributed by atoms with Crippen LogP contribution in [0.5, 0.6) is 0 Å². The summed E-state index contributed by atoms with van der Waals surface area (Å²) in [5, 5.41) is 11.0. The predicted molar refractivity (Wildman–Crippen MR) is 77.5 cm³/mol. The molecule has 0 N–H and O–H groups in total. The van der Waals surface area contributed by atoms with E-state index in [1.807, 2.05) is 32.2 Å². The van der Waals surface area contributed by atoms with Crippen molar-refractivity contribution in [1.29, 1.82) is 5.26 Å². The lowest BCUT2D eigenvalue weighted by molar-refractivity contribution is 0.696. The van der Waals surface area contributed by atoms with Gasteiger partial charge in [0.15, 0.2) is 0 Å². The van der Waals surface area contributed by atoms with Crippen LogP contribution in [-0.2, 0) is 0 Å². The van der Waals surface area contributed by atoms with Crippen LogP contribution in [0.25, 0.3) is 10.8 Å². The number of nitrogens with zero attached hydrogens (tertiary/aromatic N) is 3. The first-order valence-electron chi connectivity index (χ1n) is 5.78. The van der Waals surface area contributed by atoms with E-state index in [0.717, 1.165) is 21.1 Å². The Morgan fingerprint density at radius 2 is 2.17 bits per heavy atom. The van der Waals surface area contributed by atoms with E-state index in [2.05, 4.69) is 37.9 Å². The molecular formula is C14H14BrN3. The molecule has 0 aliphatic heterocycles. The second kappa shape index (κ2) is 5.36. The van der Waals surface area contributed by atoms with Crippen molar-refractivity contribution in [2.24, 2.45) is 0 Å². The van der Waals surface area contributed by atoms with Gasteiger partial charge in [0.1, 0.15) is 5.82 Å². The summed E-state index contributed by atoms with van der Waals surface area (Å²) in [6, 6.07) is 10.4. The third-order valence-electron chi connectivity index (χ3n) is 3.11. The van der Waals surface area contributed by atoms with Gasteiger partial charge in [-0.1, -0.05) is 28.1 Å². The van der Waals surface area contributed by atoms with Crippen molar-refractivity contribution in [1.82, 2.24) is 4.98 Å². The molecule has 0 radical (unpaired) electrons. The molecule has 92 valence electrons. The Hall–Kier alpha value is -1.60. The fourth-order valence-electron chi connectivity index (χ4n) is 1.91. The van der Waals surface area contributed by atoms with Crippen LogP contribution in [0.3, 0.4) is 0 Å². The largest absolute Gasteiger partial charge is 0.355 e. The molecule has 0 aliphatic rings. The molecule has 4 heteroatoms. The van der Waals surface area contributed by atoms with Crippen LogP contribution in [0, 0.1) is 11.3 Å². The van der Waals surface area contributed by atoms with E-state index in [1.165, 1.54) is 0 Å². The lowest BCUT2D eigenvalue weighted by Gasteiger charge is -2.25. The standard InChI is InChI=1S/C14H14BrN3/c1-10(6-8-16)18(2)14-12-4-3-5-13(15)11(12)7-9-17-14/h3-5,7,9-10H,6H2,1-2H3. The van der Waals surface area contributed by atoms with Crippen LogP contribution in [0.2, 0.25) is 0 Å². The summed E-state index contributed by atoms with van der Waals surface area (Å²) in [5.41, 5.74) is 0. The molecule has 1 aromatic carbocycles. The van der Waals surface area contributed by atoms with Crippen molar-refractivity contribution in [3.8, 4) is 6.07 Å². The Kier molecular flexibility index (Phi) is 3.83. The predicted octanol–water partition coefficient (Wildman–Crippen LogP) is 3.74. The van der Waals surface area contributed by atoms with Crippen LogP contribution >= 0.6 is 15.9 Å². The van der Waals surface area contributed by atoms with Crippen LogP contribution in [0.4, 0.5) is 5.82 Å². The van der Waals surface area contributed by atoms with E-state index < -0.39 is 0 Å². The first-order valence-corrected chi connectivity index (χ1v) is 6.57. The highest BCUT2D eigenvalue weighted by Gasteiger charge is 2.14. The van der Waals surface area contributed by atoms with E-state index in [-0.39, 0.29) is 6.04 Å². The topological polar surface area (TPSA) is 39.9 Å². The van der Waals surface area contributed by atoms with Crippen LogP contribution in [-0.4, -0.2) is 18.1 Å². The van der Waals surface area contributed by atoms with Crippen molar-refractivity contribution < 1.29 is 0 Å². The third kappa shape index (κ3) is 2.32. The summed E-state index contributed by atoms with van der Waals surface area (Å²) in [5.74, 6) is 0.913. The highest BCUT2D eigenvalue weighted by Crippen LogP contribution is 2.30. The summed E-state index contributed by atoms with van der Waals surface area (Å²) in [6.07, 6.45) is 2.29. The van der Waals surface area contributed by atoms with E-state index in [0.29, 0.717) is 6.42 Å². The maximum atomic E-state index is 8.79. The zero-order valence-electron chi connectivity index (χ0n) is 10.4. The lowest BCUT2D eigenvalue weighted by atomic mass is 10.1. The van der Waals surface area contributed by atoms with Gasteiger partial charge in [0.25, 0.3) is 0 Å². The highest BCUT2D eigenvalue weighted by atomic mass is 79.9. The molecule has 0 saturated carbocycles. The van der Waals surface area contributed by atoms with Gasteiger partial charge >= 0.3 is 0 Å². The number of benzene rings is 1. The summed E-state index contributed by atoms with van der Waals surface area (Å²) >= 11 is 3.55. The highest BCUT2D eigenvalue weighted by molar-refractivity contribution is 9.10. The zero-order chi connectivity index (χ0) is 13.1. The quantitative estimate of drug-likeness (QED) is 0.867. The maximum absolute atomic E-state index is 8.79. The molecule has 1 atom stereocenters. The molecule has 0 aliphatic carbocycles. The summed E-state index contributed by atoms with van der Waals surface area (Å²) in [6.45, 7) is 2.03. The minimum Gasteiger partial charge on any atom is -0.355 e. The Labute approximate surface area is 115 Å². The van der Waals surface area contributed by atoms with Crippen LogP contribution < -0.4 is 4.90 Å². The van der Waals surface area contributed by atoms with E-state index in [1.54, 1.807) is 6.20 Å². The van der Waals surface area contributed by atoms with Gasteiger partial charge in [-0.2, -0.15) is 5.26 Å². The molecule has 3 nitrogen and oxygen atoms in total. The normalized spacial score (nSPS) is 12.1. The number of hydrogen-bond donors (Lipinski definition) is 0. The molecule has 1 unspecified atom stereocenters. The fourth-order valence-corrected chi connectivity index (χ4v) is 2.41. The number of halogens is 1. The number of anilines is 1. The number of fused-ring (bicyclic) bond motifs is 1. The minimum absolute atomic E-state index is 0.145. The summed E-state index contributed by atoms with van der Waals surface area (Å²) in [7, 11) is 1.98. The van der Waals surface area contributed by atoms with Crippen molar-refractivity contribution in [3.05, 3.63) is 34.9 Å². The van der Waals surface area contributed by atoms with Gasteiger partial charge in [-0.25, -0.2) is 4.98 Å². The molecule has 1 aromatic heterocycles. The number of hydrogen-bond acceptors (Lipinski definition) is 3. The second-order valence-electron chi connectivity index (χ2n) is 4.29. The smallest absolute Gasteiger partial charge is 0.136 e. The molecule has 18 heavy (non-hydrogen) atoms. The van der Waals surface area contributed by atoms with E-state index >= 15 is 0 Å². The zero-order valence-corrected chi connectivity index (χ0v) is 12.0. The first-order chi connectivity index (χ1) is 8.65. The molecule has 2 rings (SSSR count). The van der Waals surface area contributed by atoms with Crippen molar-refractivity contribution in [2.75, 3.05) is 11.9 Å². The van der Waals surface area contributed by atoms with E-state index in [4.69, 9.17) is 5.26 Å². The van der Waals surface area contributed by atoms with Crippen LogP contribution in [0.15, 0.2) is 34.9 Å². The first kappa shape index (κ1) is 12.8. The van der Waals surface area contributed by atoms with Crippen LogP contribution in [0.1, 0.15) is 13.3 Å². The minimum atomic E-state index is 0.145. The number of nitriles is 1. The van der Waals surface area contributed by atoms with Gasteiger partial charge < -0.3 is 4.90 Å². The molecule has 0 fully saturated rings. The van der Waals surface area contributed by atoms with Gasteiger partial charge in [0, 0.05) is 34.5 Å². The molecule has 0 bridgehead atoms. The Bertz CT molecular complexity index is 604. The SMILES string of the molecule is CC(CC#N)N(C)c1nccc2c(Br)cccc12. The van der Waals surface area contributed by atoms with Gasteiger partial charge in [0.05, 0.1) is 12.5 Å². The number of pyridine rings is 1. The Morgan fingerprint density at radius 1 is 1.39 bits per heavy atom. The lowest BCUT2D eigenvalue weighted by Crippen LogP contribution is -2.29. The fraction of sp³-hybridized carbons (Fsp3) is 0.286. The number of rotatable bonds is 3. The Balaban J connectivity index is 2.52. The molecule has 1 heterocycles. The molecule has 2 aromatic rings. The summed E-state index contributed by atoms with van der Waals surface area (Å²) < 4.78 is 1.06. The third-order valence-corrected chi connectivity index (χ3v) is 3.81. The van der Waals surface area contributed by atoms with Crippen molar-refractivity contribution >= 4 is 32.5 Å². The van der Waals surface area contributed by atoms with Gasteiger partial charge in [0.2, 0.25) is 0 Å². The number of aromatic nitrogens is 1. The second-order valence-corrected chi connectivity index (χ2v) is 5.15. The van der Waals surface area contributed by atoms with Crippen molar-refractivity contribution in [2.45, 2.75) is 19.4 Å². The monoisotopic (exact) mass is 303 g/mol. The van der Waals surface area contributed by atoms with Gasteiger partial charge in [-0.3, -0.25) is 0 Å². The Morgan fingerprint density at radius 3 is 2.89 bits per heavy atom. The average molecular weight is 304 g/mol. The molecule has 0 spiro atoms. The van der Waals surface area contributed by atoms with Gasteiger partial charge in [-0.15, -0.1) is 0 Å². The summed E-state index contributed by atoms with van der Waals surface area (Å²) in [4.78, 5) is 6.50. The van der Waals surface area contributed by atoms with E-state index in [9.17, 15) is 0 Å². The maximum Gasteiger partial charge on any atom is 0.136 e. The molecular weight excluding hydrogens is 290 g/mol. The average Bonchev–Trinajstić information content (AvgIpc) is 2.38. The van der Waals surface area contributed by atoms with Gasteiger partial charge in [-0.05, 0) is 19.1 Å².